The smallest absolute Gasteiger partial charge is 0.478 e. The van der Waals surface area contributed by atoms with Crippen molar-refractivity contribution in [2.75, 3.05) is 0 Å². The van der Waals surface area contributed by atoms with Crippen LogP contribution in [0.25, 0.3) is 0 Å². The van der Waals surface area contributed by atoms with Gasteiger partial charge in [-0.05, 0) is 68.6 Å². The van der Waals surface area contributed by atoms with E-state index in [1.165, 1.54) is 0 Å². The molecule has 34 heavy (non-hydrogen) atoms. The third-order valence-corrected chi connectivity index (χ3v) is 7.58. The lowest BCUT2D eigenvalue weighted by Gasteiger charge is -2.39. The summed E-state index contributed by atoms with van der Waals surface area (Å²) in [6.07, 6.45) is 0. The molecule has 0 radical (unpaired) electrons. The van der Waals surface area contributed by atoms with Gasteiger partial charge in [-0.15, -0.1) is 0 Å². The van der Waals surface area contributed by atoms with E-state index in [9.17, 15) is 9.90 Å². The largest absolute Gasteiger partial charge is 0.495 e. The van der Waals surface area contributed by atoms with Gasteiger partial charge >= 0.3 is 13.1 Å². The minimum atomic E-state index is -1.05. The highest BCUT2D eigenvalue weighted by Gasteiger charge is 2.56. The van der Waals surface area contributed by atoms with Gasteiger partial charge in [0.15, 0.2) is 5.60 Å². The van der Waals surface area contributed by atoms with E-state index in [-0.39, 0.29) is 5.56 Å². The molecule has 6 nitrogen and oxygen atoms in total. The van der Waals surface area contributed by atoms with E-state index in [0.717, 1.165) is 27.7 Å². The second-order valence-corrected chi connectivity index (χ2v) is 10.1. The molecule has 0 amide bonds. The highest BCUT2D eigenvalue weighted by molar-refractivity contribution is 6.63. The van der Waals surface area contributed by atoms with Crippen LogP contribution in [0.15, 0.2) is 60.7 Å². The number of carbonyl (C=O) groups is 1. The maximum absolute atomic E-state index is 11.9. The van der Waals surface area contributed by atoms with E-state index in [1.54, 1.807) is 12.1 Å². The molecule has 0 bridgehead atoms. The summed E-state index contributed by atoms with van der Waals surface area (Å²) in [5.41, 5.74) is 2.27. The molecule has 0 saturated carbocycles. The Bertz CT molecular complexity index is 1330. The molecule has 0 aliphatic carbocycles. The number of hydrogen-bond donors (Lipinski definition) is 1. The summed E-state index contributed by atoms with van der Waals surface area (Å²) in [6.45, 7) is 8.42. The van der Waals surface area contributed by atoms with E-state index in [4.69, 9.17) is 18.8 Å². The second kappa shape index (κ2) is 6.95. The molecule has 7 heteroatoms. The van der Waals surface area contributed by atoms with Crippen LogP contribution in [0.4, 0.5) is 0 Å². The summed E-state index contributed by atoms with van der Waals surface area (Å²) in [6, 6.07) is 18.7. The summed E-state index contributed by atoms with van der Waals surface area (Å²) >= 11 is 0. The van der Waals surface area contributed by atoms with E-state index >= 15 is 0 Å². The first-order chi connectivity index (χ1) is 16.1. The van der Waals surface area contributed by atoms with Crippen LogP contribution in [0.2, 0.25) is 0 Å². The minimum Gasteiger partial charge on any atom is -0.478 e. The molecule has 3 aromatic rings. The topological polar surface area (TPSA) is 74.2 Å². The van der Waals surface area contributed by atoms with Crippen LogP contribution in [-0.2, 0) is 26.3 Å². The Balaban J connectivity index is 1.64. The maximum Gasteiger partial charge on any atom is 0.495 e. The Hall–Kier alpha value is -3.13. The van der Waals surface area contributed by atoms with Gasteiger partial charge in [0.1, 0.15) is 11.5 Å². The molecule has 1 N–H and O–H groups in total. The monoisotopic (exact) mass is 456 g/mol. The molecular formula is C27H25BO6. The number of para-hydroxylation sites is 1. The quantitative estimate of drug-likeness (QED) is 0.568. The van der Waals surface area contributed by atoms with Gasteiger partial charge in [-0.2, -0.15) is 0 Å². The fraction of sp³-hybridized carbons (Fsp3) is 0.296. The summed E-state index contributed by atoms with van der Waals surface area (Å²) in [7, 11) is -0.638. The molecule has 0 aromatic heterocycles. The molecule has 1 fully saturated rings. The van der Waals surface area contributed by atoms with Gasteiger partial charge in [-0.1, -0.05) is 36.4 Å². The molecule has 3 heterocycles. The predicted molar refractivity (Wildman–Crippen MR) is 127 cm³/mol. The number of carboxylic acids is 1. The summed E-state index contributed by atoms with van der Waals surface area (Å²) < 4.78 is 25.9. The van der Waals surface area contributed by atoms with Crippen molar-refractivity contribution < 1.29 is 28.7 Å². The molecule has 172 valence electrons. The van der Waals surface area contributed by atoms with Crippen molar-refractivity contribution >= 4 is 18.6 Å². The number of hydrogen-bond acceptors (Lipinski definition) is 5. The van der Waals surface area contributed by atoms with Gasteiger partial charge < -0.3 is 23.9 Å². The molecule has 1 atom stereocenters. The fourth-order valence-electron chi connectivity index (χ4n) is 5.13. The molecule has 1 saturated heterocycles. The maximum atomic E-state index is 11.9. The lowest BCUT2D eigenvalue weighted by molar-refractivity contribution is 0.00578. The van der Waals surface area contributed by atoms with Crippen molar-refractivity contribution in [1.29, 1.82) is 0 Å². The zero-order chi connectivity index (χ0) is 23.9. The molecule has 3 aromatic carbocycles. The van der Waals surface area contributed by atoms with E-state index in [0.29, 0.717) is 18.1 Å². The SMILES string of the molecule is CC1(C)OB(c2cccc3c2C2(OCc4ccc(C(=O)O)cc42)c2ccccc2O3)OC1(C)C. The van der Waals surface area contributed by atoms with E-state index in [1.807, 2.05) is 76.2 Å². The van der Waals surface area contributed by atoms with Crippen LogP contribution >= 0.6 is 0 Å². The standard InChI is InChI=1S/C27H25BO6/c1-25(2)26(3,4)34-28(33-25)20-9-7-11-22-23(20)27(18-8-5-6-10-21(18)32-22)19-14-16(24(29)30)12-13-17(19)15-31-27/h5-14H,15H2,1-4H3,(H,29,30). The fourth-order valence-corrected chi connectivity index (χ4v) is 5.13. The van der Waals surface area contributed by atoms with Crippen LogP contribution in [0.1, 0.15) is 60.3 Å². The Morgan fingerprint density at radius 2 is 1.59 bits per heavy atom. The van der Waals surface area contributed by atoms with Gasteiger partial charge in [-0.25, -0.2) is 4.79 Å². The minimum absolute atomic E-state index is 0.210. The normalized spacial score (nSPS) is 23.2. The molecule has 3 aliphatic rings. The van der Waals surface area contributed by atoms with Crippen molar-refractivity contribution in [3.05, 3.63) is 88.5 Å². The molecule has 1 spiro atoms. The van der Waals surface area contributed by atoms with Crippen LogP contribution < -0.4 is 10.2 Å². The van der Waals surface area contributed by atoms with Crippen molar-refractivity contribution in [1.82, 2.24) is 0 Å². The lowest BCUT2D eigenvalue weighted by atomic mass is 9.67. The molecule has 1 unspecified atom stereocenters. The number of carboxylic acid groups (broad SMARTS) is 1. The van der Waals surface area contributed by atoms with Crippen LogP contribution in [0.5, 0.6) is 11.5 Å². The van der Waals surface area contributed by atoms with Gasteiger partial charge in [0.25, 0.3) is 0 Å². The number of benzene rings is 3. The summed E-state index contributed by atoms with van der Waals surface area (Å²) in [4.78, 5) is 11.9. The molecular weight excluding hydrogens is 431 g/mol. The van der Waals surface area contributed by atoms with Crippen LogP contribution in [0.3, 0.4) is 0 Å². The number of ether oxygens (including phenoxy) is 2. The number of fused-ring (bicyclic) bond motifs is 6. The third-order valence-electron chi connectivity index (χ3n) is 7.58. The highest BCUT2D eigenvalue weighted by Crippen LogP contribution is 2.56. The molecule has 6 rings (SSSR count). The van der Waals surface area contributed by atoms with Gasteiger partial charge in [0.05, 0.1) is 23.4 Å². The van der Waals surface area contributed by atoms with Crippen molar-refractivity contribution in [3.8, 4) is 11.5 Å². The first kappa shape index (κ1) is 21.4. The summed E-state index contributed by atoms with van der Waals surface area (Å²) in [5, 5.41) is 9.73. The first-order valence-corrected chi connectivity index (χ1v) is 11.4. The second-order valence-electron chi connectivity index (χ2n) is 10.1. The van der Waals surface area contributed by atoms with Crippen LogP contribution in [0, 0.1) is 0 Å². The highest BCUT2D eigenvalue weighted by atomic mass is 16.7. The van der Waals surface area contributed by atoms with Crippen molar-refractivity contribution in [3.63, 3.8) is 0 Å². The van der Waals surface area contributed by atoms with Crippen molar-refractivity contribution in [2.24, 2.45) is 0 Å². The van der Waals surface area contributed by atoms with Crippen molar-refractivity contribution in [2.45, 2.75) is 51.1 Å². The average molecular weight is 456 g/mol. The predicted octanol–water partition coefficient (Wildman–Crippen LogP) is 4.61. The molecule has 3 aliphatic heterocycles. The Kier molecular flexibility index (Phi) is 4.38. The Labute approximate surface area is 198 Å². The Morgan fingerprint density at radius 1 is 0.882 bits per heavy atom. The zero-order valence-corrected chi connectivity index (χ0v) is 19.5. The third kappa shape index (κ3) is 2.78. The number of rotatable bonds is 2. The van der Waals surface area contributed by atoms with Gasteiger partial charge in [0.2, 0.25) is 0 Å². The van der Waals surface area contributed by atoms with E-state index in [2.05, 4.69) is 0 Å². The summed E-state index contributed by atoms with van der Waals surface area (Å²) in [5.74, 6) is 0.332. The number of aromatic carboxylic acids is 1. The van der Waals surface area contributed by atoms with E-state index < -0.39 is 29.9 Å². The van der Waals surface area contributed by atoms with Crippen LogP contribution in [-0.4, -0.2) is 29.4 Å². The van der Waals surface area contributed by atoms with Gasteiger partial charge in [-0.3, -0.25) is 0 Å². The first-order valence-electron chi connectivity index (χ1n) is 11.4. The van der Waals surface area contributed by atoms with Gasteiger partial charge in [0, 0.05) is 11.1 Å². The Morgan fingerprint density at radius 3 is 2.32 bits per heavy atom. The average Bonchev–Trinajstić information content (AvgIpc) is 3.27. The zero-order valence-electron chi connectivity index (χ0n) is 19.5. The lowest BCUT2D eigenvalue weighted by Crippen LogP contribution is -2.45.